The van der Waals surface area contributed by atoms with Crippen molar-refractivity contribution < 1.29 is 0 Å². The molecule has 0 fully saturated rings. The molecule has 0 spiro atoms. The van der Waals surface area contributed by atoms with E-state index < -0.39 is 0 Å². The van der Waals surface area contributed by atoms with Gasteiger partial charge in [-0.15, -0.1) is 0 Å². The smallest absolute Gasteiger partial charge is 0.182 e. The van der Waals surface area contributed by atoms with Crippen LogP contribution in [-0.2, 0) is 6.54 Å². The van der Waals surface area contributed by atoms with Gasteiger partial charge in [0.2, 0.25) is 0 Å². The number of hydrogen-bond donors (Lipinski definition) is 1. The molecule has 20 heavy (non-hydrogen) atoms. The molecule has 1 N–H and O–H groups in total. The van der Waals surface area contributed by atoms with Gasteiger partial charge in [-0.1, -0.05) is 0 Å². The molecule has 7 nitrogen and oxygen atoms in total. The van der Waals surface area contributed by atoms with Crippen molar-refractivity contribution in [1.82, 2.24) is 29.5 Å². The number of aryl methyl sites for hydroxylation is 2. The Morgan fingerprint density at radius 3 is 2.95 bits per heavy atom. The fraction of sp³-hybridized carbons (Fsp3) is 0.385. The molecule has 7 heteroatoms. The maximum Gasteiger partial charge on any atom is 0.182 e. The first kappa shape index (κ1) is 12.6. The monoisotopic (exact) mass is 271 g/mol. The minimum Gasteiger partial charge on any atom is -0.358 e. The van der Waals surface area contributed by atoms with E-state index in [1.165, 1.54) is 0 Å². The highest BCUT2D eigenvalue weighted by atomic mass is 15.2. The number of fused-ring (bicyclic) bond motifs is 1. The topological polar surface area (TPSA) is 75.5 Å². The standard InChI is InChI=1S/C13H17N7/c1-10-14-4-7-20(10)6-3-5-19(2)13-11-12(16-8-15-11)17-9-18-13/h4,7-9H,3,5-6H2,1-2H3,(H,15,16,17,18). The molecule has 0 unspecified atom stereocenters. The van der Waals surface area contributed by atoms with Crippen molar-refractivity contribution >= 4 is 17.0 Å². The zero-order valence-corrected chi connectivity index (χ0v) is 11.6. The largest absolute Gasteiger partial charge is 0.358 e. The van der Waals surface area contributed by atoms with Gasteiger partial charge in [-0.05, 0) is 13.3 Å². The minimum atomic E-state index is 0.701. The summed E-state index contributed by atoms with van der Waals surface area (Å²) in [5.41, 5.74) is 1.58. The summed E-state index contributed by atoms with van der Waals surface area (Å²) < 4.78 is 2.15. The van der Waals surface area contributed by atoms with Gasteiger partial charge in [0, 0.05) is 32.5 Å². The molecule has 3 aromatic heterocycles. The van der Waals surface area contributed by atoms with Crippen LogP contribution in [0.4, 0.5) is 5.82 Å². The van der Waals surface area contributed by atoms with Crippen LogP contribution in [-0.4, -0.2) is 43.1 Å². The highest BCUT2D eigenvalue weighted by Crippen LogP contribution is 2.18. The Bertz CT molecular complexity index is 699. The average molecular weight is 271 g/mol. The molecule has 0 radical (unpaired) electrons. The maximum atomic E-state index is 4.34. The molecule has 0 bridgehead atoms. The van der Waals surface area contributed by atoms with Gasteiger partial charge in [-0.25, -0.2) is 19.9 Å². The zero-order chi connectivity index (χ0) is 13.9. The van der Waals surface area contributed by atoms with Gasteiger partial charge >= 0.3 is 0 Å². The van der Waals surface area contributed by atoms with Crippen molar-refractivity contribution in [3.05, 3.63) is 30.9 Å². The van der Waals surface area contributed by atoms with E-state index in [1.807, 2.05) is 26.4 Å². The van der Waals surface area contributed by atoms with Gasteiger partial charge in [0.15, 0.2) is 11.5 Å². The van der Waals surface area contributed by atoms with Crippen LogP contribution in [0.2, 0.25) is 0 Å². The highest BCUT2D eigenvalue weighted by Gasteiger charge is 2.10. The Balaban J connectivity index is 1.66. The second-order valence-electron chi connectivity index (χ2n) is 4.74. The van der Waals surface area contributed by atoms with Gasteiger partial charge < -0.3 is 14.5 Å². The normalized spacial score (nSPS) is 11.1. The number of H-pyrrole nitrogens is 1. The Morgan fingerprint density at radius 2 is 2.15 bits per heavy atom. The fourth-order valence-electron chi connectivity index (χ4n) is 2.27. The lowest BCUT2D eigenvalue weighted by Crippen LogP contribution is -2.21. The van der Waals surface area contributed by atoms with E-state index in [0.717, 1.165) is 36.7 Å². The van der Waals surface area contributed by atoms with E-state index >= 15 is 0 Å². The lowest BCUT2D eigenvalue weighted by Gasteiger charge is -2.18. The van der Waals surface area contributed by atoms with Crippen molar-refractivity contribution in [2.75, 3.05) is 18.5 Å². The predicted molar refractivity (Wildman–Crippen MR) is 76.5 cm³/mol. The molecule has 0 saturated heterocycles. The van der Waals surface area contributed by atoms with E-state index in [0.29, 0.717) is 5.65 Å². The second kappa shape index (κ2) is 5.28. The van der Waals surface area contributed by atoms with Gasteiger partial charge in [0.05, 0.1) is 6.33 Å². The second-order valence-corrected chi connectivity index (χ2v) is 4.74. The first-order chi connectivity index (χ1) is 9.75. The Labute approximate surface area is 116 Å². The Hall–Kier alpha value is -2.44. The van der Waals surface area contributed by atoms with Gasteiger partial charge in [-0.2, -0.15) is 0 Å². The molecular formula is C13H17N7. The predicted octanol–water partition coefficient (Wildman–Crippen LogP) is 1.38. The number of imidazole rings is 2. The Morgan fingerprint density at radius 1 is 1.25 bits per heavy atom. The Kier molecular flexibility index (Phi) is 3.32. The fourth-order valence-corrected chi connectivity index (χ4v) is 2.27. The van der Waals surface area contributed by atoms with Crippen LogP contribution in [0.1, 0.15) is 12.2 Å². The summed E-state index contributed by atoms with van der Waals surface area (Å²) in [6, 6.07) is 0. The van der Waals surface area contributed by atoms with E-state index in [1.54, 1.807) is 12.7 Å². The molecule has 0 aliphatic carbocycles. The quantitative estimate of drug-likeness (QED) is 0.759. The van der Waals surface area contributed by atoms with Crippen LogP contribution in [0.5, 0.6) is 0 Å². The number of nitrogens with zero attached hydrogens (tertiary/aromatic N) is 6. The number of hydrogen-bond acceptors (Lipinski definition) is 5. The SMILES string of the molecule is Cc1nccn1CCCN(C)c1ncnc2nc[nH]c12. The molecule has 3 heterocycles. The highest BCUT2D eigenvalue weighted by molar-refractivity contribution is 5.82. The van der Waals surface area contributed by atoms with Crippen LogP contribution >= 0.6 is 0 Å². The summed E-state index contributed by atoms with van der Waals surface area (Å²) in [6.07, 6.45) is 8.05. The van der Waals surface area contributed by atoms with Gasteiger partial charge in [0.25, 0.3) is 0 Å². The van der Waals surface area contributed by atoms with Crippen molar-refractivity contribution in [2.24, 2.45) is 0 Å². The summed E-state index contributed by atoms with van der Waals surface area (Å²) in [4.78, 5) is 22.0. The van der Waals surface area contributed by atoms with Crippen LogP contribution in [0, 0.1) is 6.92 Å². The number of anilines is 1. The van der Waals surface area contributed by atoms with Crippen molar-refractivity contribution in [1.29, 1.82) is 0 Å². The van der Waals surface area contributed by atoms with E-state index in [9.17, 15) is 0 Å². The lowest BCUT2D eigenvalue weighted by molar-refractivity contribution is 0.621. The third-order valence-electron chi connectivity index (χ3n) is 3.38. The molecule has 0 amide bonds. The number of aromatic amines is 1. The van der Waals surface area contributed by atoms with Crippen LogP contribution in [0.3, 0.4) is 0 Å². The summed E-state index contributed by atoms with van der Waals surface area (Å²) in [6.45, 7) is 3.87. The summed E-state index contributed by atoms with van der Waals surface area (Å²) >= 11 is 0. The van der Waals surface area contributed by atoms with Crippen molar-refractivity contribution in [3.8, 4) is 0 Å². The van der Waals surface area contributed by atoms with Crippen LogP contribution in [0.25, 0.3) is 11.2 Å². The molecule has 0 aliphatic rings. The van der Waals surface area contributed by atoms with Gasteiger partial charge in [-0.3, -0.25) is 0 Å². The average Bonchev–Trinajstić information content (AvgIpc) is 3.07. The maximum absolute atomic E-state index is 4.34. The lowest BCUT2D eigenvalue weighted by atomic mass is 10.3. The van der Waals surface area contributed by atoms with E-state index in [2.05, 4.69) is 34.4 Å². The summed E-state index contributed by atoms with van der Waals surface area (Å²) in [5.74, 6) is 1.93. The minimum absolute atomic E-state index is 0.701. The summed E-state index contributed by atoms with van der Waals surface area (Å²) in [7, 11) is 2.03. The summed E-state index contributed by atoms with van der Waals surface area (Å²) in [5, 5.41) is 0. The first-order valence-electron chi connectivity index (χ1n) is 6.58. The third-order valence-corrected chi connectivity index (χ3v) is 3.38. The number of aromatic nitrogens is 6. The van der Waals surface area contributed by atoms with Crippen LogP contribution in [0.15, 0.2) is 25.0 Å². The molecule has 0 aromatic carbocycles. The van der Waals surface area contributed by atoms with E-state index in [-0.39, 0.29) is 0 Å². The third kappa shape index (κ3) is 2.34. The molecule has 0 atom stereocenters. The van der Waals surface area contributed by atoms with Gasteiger partial charge in [0.1, 0.15) is 17.7 Å². The molecule has 3 aromatic rings. The van der Waals surface area contributed by atoms with E-state index in [4.69, 9.17) is 0 Å². The molecule has 3 rings (SSSR count). The number of rotatable bonds is 5. The molecule has 0 saturated carbocycles. The first-order valence-corrected chi connectivity index (χ1v) is 6.58. The molecule has 104 valence electrons. The van der Waals surface area contributed by atoms with Crippen molar-refractivity contribution in [2.45, 2.75) is 19.9 Å². The van der Waals surface area contributed by atoms with Crippen molar-refractivity contribution in [3.63, 3.8) is 0 Å². The number of nitrogens with one attached hydrogen (secondary N) is 1. The zero-order valence-electron chi connectivity index (χ0n) is 11.6. The van der Waals surface area contributed by atoms with Crippen LogP contribution < -0.4 is 4.90 Å². The molecular weight excluding hydrogens is 254 g/mol. The molecule has 0 aliphatic heterocycles.